The van der Waals surface area contributed by atoms with Crippen LogP contribution in [0.15, 0.2) is 75.9 Å². The zero-order valence-electron chi connectivity index (χ0n) is 29.2. The smallest absolute Gasteiger partial charge is 0.344 e. The highest BCUT2D eigenvalue weighted by Gasteiger charge is 2.19. The summed E-state index contributed by atoms with van der Waals surface area (Å²) in [6.07, 6.45) is 0. The first-order valence-corrected chi connectivity index (χ1v) is 17.3. The van der Waals surface area contributed by atoms with Crippen LogP contribution in [0, 0.1) is 0 Å². The quantitative estimate of drug-likeness (QED) is 0.0931. The number of benzene rings is 3. The summed E-state index contributed by atoms with van der Waals surface area (Å²) in [6.45, 7) is 23.2. The highest BCUT2D eigenvalue weighted by atomic mass is 16.5. The molecule has 0 amide bonds. The van der Waals surface area contributed by atoms with Crippen molar-refractivity contribution in [2.75, 3.05) is 78.7 Å². The summed E-state index contributed by atoms with van der Waals surface area (Å²) in [5, 5.41) is 0.838. The van der Waals surface area contributed by atoms with Crippen LogP contribution in [0.5, 0.6) is 17.2 Å². The van der Waals surface area contributed by atoms with E-state index in [0.29, 0.717) is 36.7 Å². The Kier molecular flexibility index (Phi) is 14.2. The molecule has 3 aromatic carbocycles. The Labute approximate surface area is 280 Å². The zero-order chi connectivity index (χ0) is 33.6. The topological polar surface area (TPSA) is 67.6 Å². The second kappa shape index (κ2) is 18.5. The van der Waals surface area contributed by atoms with Crippen molar-refractivity contribution in [1.29, 1.82) is 0 Å². The molecular weight excluding hydrogens is 590 g/mol. The summed E-state index contributed by atoms with van der Waals surface area (Å²) >= 11 is 0. The highest BCUT2D eigenvalue weighted by molar-refractivity contribution is 6.01. The lowest BCUT2D eigenvalue weighted by atomic mass is 9.93. The van der Waals surface area contributed by atoms with Gasteiger partial charge in [-0.3, -0.25) is 0 Å². The Bertz CT molecular complexity index is 1560. The molecule has 47 heavy (non-hydrogen) atoms. The molecule has 0 N–H and O–H groups in total. The average Bonchev–Trinajstić information content (AvgIpc) is 3.10. The number of nitrogens with zero attached hydrogens (tertiary/aromatic N) is 3. The maximum absolute atomic E-state index is 13.8. The van der Waals surface area contributed by atoms with Gasteiger partial charge < -0.3 is 33.3 Å². The van der Waals surface area contributed by atoms with E-state index in [4.69, 9.17) is 18.6 Å². The van der Waals surface area contributed by atoms with Gasteiger partial charge in [0, 0.05) is 36.7 Å². The minimum atomic E-state index is -0.400. The zero-order valence-corrected chi connectivity index (χ0v) is 29.2. The molecule has 8 heteroatoms. The van der Waals surface area contributed by atoms with Gasteiger partial charge in [-0.15, -0.1) is 0 Å². The second-order valence-corrected chi connectivity index (χ2v) is 11.5. The third-order valence-electron chi connectivity index (χ3n) is 8.88. The minimum Gasteiger partial charge on any atom is -0.492 e. The van der Waals surface area contributed by atoms with E-state index in [9.17, 15) is 4.79 Å². The SMILES string of the molecule is CCN(CC)CCOc1ccc(-c2c(-c3ccc(OCCN(CC)CC)cc3)c3ccc(OCCN(CC)CC)cc3oc2=O)cc1. The van der Waals surface area contributed by atoms with Crippen LogP contribution in [0.25, 0.3) is 33.2 Å². The second-order valence-electron chi connectivity index (χ2n) is 11.5. The average molecular weight is 644 g/mol. The summed E-state index contributed by atoms with van der Waals surface area (Å²) in [6, 6.07) is 21.5. The number of ether oxygens (including phenoxy) is 3. The molecule has 4 rings (SSSR count). The highest BCUT2D eigenvalue weighted by Crippen LogP contribution is 2.38. The maximum Gasteiger partial charge on any atom is 0.344 e. The summed E-state index contributed by atoms with van der Waals surface area (Å²) in [5.74, 6) is 2.24. The van der Waals surface area contributed by atoms with Gasteiger partial charge in [-0.2, -0.15) is 0 Å². The van der Waals surface area contributed by atoms with Crippen molar-refractivity contribution < 1.29 is 18.6 Å². The van der Waals surface area contributed by atoms with Gasteiger partial charge in [0.15, 0.2) is 0 Å². The summed E-state index contributed by atoms with van der Waals surface area (Å²) in [7, 11) is 0. The van der Waals surface area contributed by atoms with Crippen molar-refractivity contribution in [3.63, 3.8) is 0 Å². The lowest BCUT2D eigenvalue weighted by Gasteiger charge is -2.19. The van der Waals surface area contributed by atoms with Crippen molar-refractivity contribution in [2.24, 2.45) is 0 Å². The van der Waals surface area contributed by atoms with Gasteiger partial charge in [0.25, 0.3) is 0 Å². The van der Waals surface area contributed by atoms with E-state index >= 15 is 0 Å². The Balaban J connectivity index is 1.66. The van der Waals surface area contributed by atoms with Crippen LogP contribution in [0.2, 0.25) is 0 Å². The molecule has 0 bridgehead atoms. The lowest BCUT2D eigenvalue weighted by molar-refractivity contribution is 0.223. The van der Waals surface area contributed by atoms with Crippen LogP contribution >= 0.6 is 0 Å². The van der Waals surface area contributed by atoms with Gasteiger partial charge in [-0.05, 0) is 86.8 Å². The Hall–Kier alpha value is -3.85. The van der Waals surface area contributed by atoms with Gasteiger partial charge in [-0.25, -0.2) is 4.79 Å². The molecular formula is C39H53N3O5. The maximum atomic E-state index is 13.8. The Morgan fingerprint density at radius 2 is 0.894 bits per heavy atom. The fraction of sp³-hybridized carbons (Fsp3) is 0.462. The summed E-state index contributed by atoms with van der Waals surface area (Å²) in [4.78, 5) is 20.7. The molecule has 0 saturated carbocycles. The largest absolute Gasteiger partial charge is 0.492 e. The molecule has 0 aliphatic carbocycles. The molecule has 0 saturated heterocycles. The van der Waals surface area contributed by atoms with Crippen LogP contribution in [-0.4, -0.2) is 93.4 Å². The van der Waals surface area contributed by atoms with E-state index in [1.165, 1.54) is 0 Å². The van der Waals surface area contributed by atoms with Crippen molar-refractivity contribution in [2.45, 2.75) is 41.5 Å². The fourth-order valence-electron chi connectivity index (χ4n) is 5.77. The molecule has 0 aliphatic heterocycles. The molecule has 8 nitrogen and oxygen atoms in total. The fourth-order valence-corrected chi connectivity index (χ4v) is 5.77. The normalized spacial score (nSPS) is 11.6. The van der Waals surface area contributed by atoms with Crippen LogP contribution in [0.3, 0.4) is 0 Å². The number of hydrogen-bond donors (Lipinski definition) is 0. The van der Waals surface area contributed by atoms with Crippen molar-refractivity contribution in [3.05, 3.63) is 77.2 Å². The van der Waals surface area contributed by atoms with Crippen LogP contribution < -0.4 is 19.8 Å². The third-order valence-corrected chi connectivity index (χ3v) is 8.88. The van der Waals surface area contributed by atoms with Gasteiger partial charge in [-0.1, -0.05) is 65.8 Å². The van der Waals surface area contributed by atoms with Crippen LogP contribution in [0.1, 0.15) is 41.5 Å². The standard InChI is InChI=1S/C39H53N3O5/c1-7-40(8-2)23-26-44-32-17-13-30(14-18-32)37-35-22-21-34(46-28-25-42(11-5)12-6)29-36(35)47-39(43)38(37)31-15-19-33(20-16-31)45-27-24-41(9-3)10-4/h13-22,29H,7-12,23-28H2,1-6H3. The van der Waals surface area contributed by atoms with E-state index in [0.717, 1.165) is 92.5 Å². The molecule has 0 fully saturated rings. The molecule has 0 radical (unpaired) electrons. The van der Waals surface area contributed by atoms with Crippen LogP contribution in [-0.2, 0) is 0 Å². The number of likely N-dealkylation sites (N-methyl/N-ethyl adjacent to an activating group) is 3. The predicted molar refractivity (Wildman–Crippen MR) is 193 cm³/mol. The first-order valence-electron chi connectivity index (χ1n) is 17.3. The Morgan fingerprint density at radius 1 is 0.511 bits per heavy atom. The third kappa shape index (κ3) is 9.83. The molecule has 0 unspecified atom stereocenters. The Morgan fingerprint density at radius 3 is 1.32 bits per heavy atom. The predicted octanol–water partition coefficient (Wildman–Crippen LogP) is 7.29. The van der Waals surface area contributed by atoms with E-state index in [1.807, 2.05) is 66.7 Å². The number of fused-ring (bicyclic) bond motifs is 1. The monoisotopic (exact) mass is 643 g/mol. The lowest BCUT2D eigenvalue weighted by Crippen LogP contribution is -2.27. The summed E-state index contributed by atoms with van der Waals surface area (Å²) in [5.41, 5.74) is 3.09. The number of rotatable bonds is 20. The number of hydrogen-bond acceptors (Lipinski definition) is 8. The van der Waals surface area contributed by atoms with Crippen LogP contribution in [0.4, 0.5) is 0 Å². The van der Waals surface area contributed by atoms with E-state index < -0.39 is 5.63 Å². The van der Waals surface area contributed by atoms with Crippen molar-refractivity contribution >= 4 is 11.0 Å². The van der Waals surface area contributed by atoms with Crippen molar-refractivity contribution in [1.82, 2.24) is 14.7 Å². The van der Waals surface area contributed by atoms with E-state index in [-0.39, 0.29) is 0 Å². The molecule has 4 aromatic rings. The van der Waals surface area contributed by atoms with E-state index in [2.05, 4.69) is 56.2 Å². The molecule has 1 heterocycles. The molecule has 0 atom stereocenters. The van der Waals surface area contributed by atoms with Gasteiger partial charge in [0.1, 0.15) is 42.7 Å². The molecule has 0 aliphatic rings. The van der Waals surface area contributed by atoms with E-state index in [1.54, 1.807) is 0 Å². The first kappa shape index (κ1) is 36.0. The molecule has 254 valence electrons. The van der Waals surface area contributed by atoms with Gasteiger partial charge in [0.2, 0.25) is 0 Å². The minimum absolute atomic E-state index is 0.400. The van der Waals surface area contributed by atoms with Gasteiger partial charge in [0.05, 0.1) is 5.56 Å². The molecule has 1 aromatic heterocycles. The van der Waals surface area contributed by atoms with Gasteiger partial charge >= 0.3 is 5.63 Å². The first-order chi connectivity index (χ1) is 22.9. The summed E-state index contributed by atoms with van der Waals surface area (Å²) < 4.78 is 24.1. The van der Waals surface area contributed by atoms with Crippen molar-refractivity contribution in [3.8, 4) is 39.5 Å². The molecule has 0 spiro atoms.